The second kappa shape index (κ2) is 5.88. The molecular formula is C12H11ClINO3S. The third-order valence-corrected chi connectivity index (χ3v) is 5.32. The van der Waals surface area contributed by atoms with Crippen molar-refractivity contribution in [1.29, 1.82) is 0 Å². The highest BCUT2D eigenvalue weighted by molar-refractivity contribution is 14.1. The minimum atomic E-state index is -1.16. The molecule has 1 fully saturated rings. The zero-order valence-corrected chi connectivity index (χ0v) is 13.5. The lowest BCUT2D eigenvalue weighted by Gasteiger charge is -2.24. The molecule has 4 nitrogen and oxygen atoms in total. The van der Waals surface area contributed by atoms with Gasteiger partial charge in [-0.3, -0.25) is 4.79 Å². The van der Waals surface area contributed by atoms with Gasteiger partial charge in [-0.1, -0.05) is 11.6 Å². The number of carbonyl (C=O) groups is 2. The van der Waals surface area contributed by atoms with Crippen molar-refractivity contribution in [3.05, 3.63) is 32.4 Å². The van der Waals surface area contributed by atoms with Crippen LogP contribution in [0, 0.1) is 3.57 Å². The van der Waals surface area contributed by atoms with Gasteiger partial charge in [0.2, 0.25) is 0 Å². The summed E-state index contributed by atoms with van der Waals surface area (Å²) >= 11 is 9.43. The zero-order valence-electron chi connectivity index (χ0n) is 9.78. The topological polar surface area (TPSA) is 66.4 Å². The van der Waals surface area contributed by atoms with E-state index in [4.69, 9.17) is 11.6 Å². The molecular weight excluding hydrogens is 401 g/mol. The van der Waals surface area contributed by atoms with E-state index in [9.17, 15) is 14.7 Å². The number of amides is 1. The quantitative estimate of drug-likeness (QED) is 0.751. The number of thioether (sulfide) groups is 1. The van der Waals surface area contributed by atoms with Gasteiger partial charge in [0.05, 0.1) is 5.56 Å². The molecule has 1 aromatic rings. The van der Waals surface area contributed by atoms with Crippen LogP contribution in [0.1, 0.15) is 16.8 Å². The Balaban J connectivity index is 2.25. The van der Waals surface area contributed by atoms with Crippen molar-refractivity contribution in [1.82, 2.24) is 5.32 Å². The molecule has 1 saturated heterocycles. The van der Waals surface area contributed by atoms with Crippen molar-refractivity contribution in [2.45, 2.75) is 12.0 Å². The lowest BCUT2D eigenvalue weighted by molar-refractivity contribution is -0.143. The van der Waals surface area contributed by atoms with Crippen LogP contribution in [-0.2, 0) is 4.79 Å². The number of hydrogen-bond acceptors (Lipinski definition) is 3. The van der Waals surface area contributed by atoms with Gasteiger partial charge in [0.15, 0.2) is 0 Å². The van der Waals surface area contributed by atoms with Gasteiger partial charge in [-0.15, -0.1) is 0 Å². The molecule has 1 unspecified atom stereocenters. The Morgan fingerprint density at radius 2 is 2.21 bits per heavy atom. The molecule has 1 aromatic carbocycles. The average molecular weight is 412 g/mol. The molecule has 1 aliphatic rings. The Labute approximate surface area is 133 Å². The van der Waals surface area contributed by atoms with E-state index in [-0.39, 0.29) is 0 Å². The lowest BCUT2D eigenvalue weighted by atomic mass is 9.98. The Kier molecular flexibility index (Phi) is 4.62. The average Bonchev–Trinajstić information content (AvgIpc) is 2.82. The van der Waals surface area contributed by atoms with Crippen LogP contribution in [0.2, 0.25) is 5.02 Å². The third kappa shape index (κ3) is 3.17. The van der Waals surface area contributed by atoms with Crippen LogP contribution in [0.4, 0.5) is 0 Å². The van der Waals surface area contributed by atoms with Gasteiger partial charge in [-0.25, -0.2) is 4.79 Å². The number of carboxylic acids is 1. The fraction of sp³-hybridized carbons (Fsp3) is 0.333. The maximum absolute atomic E-state index is 12.2. The SMILES string of the molecule is O=C(NC1(C(=O)O)CCSC1)c1cc(Cl)ccc1I. The van der Waals surface area contributed by atoms with Crippen LogP contribution in [-0.4, -0.2) is 34.0 Å². The Bertz CT molecular complexity index is 532. The predicted octanol–water partition coefficient (Wildman–Crippen LogP) is 2.63. The van der Waals surface area contributed by atoms with Crippen LogP contribution < -0.4 is 5.32 Å². The van der Waals surface area contributed by atoms with Gasteiger partial charge >= 0.3 is 5.97 Å². The maximum Gasteiger partial charge on any atom is 0.330 e. The molecule has 0 saturated carbocycles. The van der Waals surface area contributed by atoms with Crippen LogP contribution in [0.15, 0.2) is 18.2 Å². The number of halogens is 2. The zero-order chi connectivity index (χ0) is 14.0. The minimum absolute atomic E-state index is 0.392. The predicted molar refractivity (Wildman–Crippen MR) is 83.9 cm³/mol. The van der Waals surface area contributed by atoms with E-state index in [1.165, 1.54) is 11.8 Å². The molecule has 1 atom stereocenters. The van der Waals surface area contributed by atoms with E-state index < -0.39 is 17.4 Å². The molecule has 0 aromatic heterocycles. The lowest BCUT2D eigenvalue weighted by Crippen LogP contribution is -2.54. The first-order valence-electron chi connectivity index (χ1n) is 5.53. The number of carboxylic acid groups (broad SMARTS) is 1. The summed E-state index contributed by atoms with van der Waals surface area (Å²) in [5.41, 5.74) is -0.752. The van der Waals surface area contributed by atoms with Crippen molar-refractivity contribution < 1.29 is 14.7 Å². The van der Waals surface area contributed by atoms with E-state index in [0.29, 0.717) is 22.8 Å². The Hall–Kier alpha value is -0.470. The summed E-state index contributed by atoms with van der Waals surface area (Å²) in [6.45, 7) is 0. The van der Waals surface area contributed by atoms with E-state index in [2.05, 4.69) is 5.32 Å². The molecule has 2 rings (SSSR count). The minimum Gasteiger partial charge on any atom is -0.479 e. The number of aliphatic carboxylic acids is 1. The monoisotopic (exact) mass is 411 g/mol. The van der Waals surface area contributed by atoms with Gasteiger partial charge in [-0.05, 0) is 53.0 Å². The number of carbonyl (C=O) groups excluding carboxylic acids is 1. The number of nitrogens with one attached hydrogen (secondary N) is 1. The molecule has 1 amide bonds. The first-order valence-corrected chi connectivity index (χ1v) is 8.14. The smallest absolute Gasteiger partial charge is 0.330 e. The summed E-state index contributed by atoms with van der Waals surface area (Å²) in [6.07, 6.45) is 0.440. The fourth-order valence-corrected chi connectivity index (χ4v) is 3.92. The van der Waals surface area contributed by atoms with Crippen molar-refractivity contribution in [2.24, 2.45) is 0 Å². The molecule has 102 valence electrons. The van der Waals surface area contributed by atoms with E-state index >= 15 is 0 Å². The molecule has 1 heterocycles. The Morgan fingerprint density at radius 3 is 2.79 bits per heavy atom. The molecule has 2 N–H and O–H groups in total. The molecule has 0 spiro atoms. The first-order chi connectivity index (χ1) is 8.94. The molecule has 7 heteroatoms. The summed E-state index contributed by atoms with van der Waals surface area (Å²) < 4.78 is 0.741. The fourth-order valence-electron chi connectivity index (χ4n) is 1.84. The number of benzene rings is 1. The van der Waals surface area contributed by atoms with E-state index in [1.54, 1.807) is 18.2 Å². The highest BCUT2D eigenvalue weighted by atomic mass is 127. The van der Waals surface area contributed by atoms with Crippen LogP contribution in [0.3, 0.4) is 0 Å². The van der Waals surface area contributed by atoms with Crippen LogP contribution >= 0.6 is 46.0 Å². The van der Waals surface area contributed by atoms with Crippen LogP contribution in [0.5, 0.6) is 0 Å². The molecule has 1 aliphatic heterocycles. The normalized spacial score (nSPS) is 22.2. The summed E-state index contributed by atoms with van der Waals surface area (Å²) in [5.74, 6) is -0.246. The number of hydrogen-bond donors (Lipinski definition) is 2. The third-order valence-electron chi connectivity index (χ3n) is 2.96. The van der Waals surface area contributed by atoms with Gasteiger partial charge < -0.3 is 10.4 Å². The van der Waals surface area contributed by atoms with E-state index in [0.717, 1.165) is 9.32 Å². The van der Waals surface area contributed by atoms with Gasteiger partial charge in [-0.2, -0.15) is 11.8 Å². The Morgan fingerprint density at radius 1 is 1.47 bits per heavy atom. The molecule has 19 heavy (non-hydrogen) atoms. The highest BCUT2D eigenvalue weighted by Crippen LogP contribution is 2.29. The van der Waals surface area contributed by atoms with Crippen molar-refractivity contribution in [2.75, 3.05) is 11.5 Å². The molecule has 0 bridgehead atoms. The van der Waals surface area contributed by atoms with Crippen molar-refractivity contribution >= 4 is 57.8 Å². The highest BCUT2D eigenvalue weighted by Gasteiger charge is 2.43. The summed E-state index contributed by atoms with van der Waals surface area (Å²) in [7, 11) is 0. The van der Waals surface area contributed by atoms with Gasteiger partial charge in [0, 0.05) is 14.3 Å². The standard InChI is InChI=1S/C12H11ClINO3S/c13-7-1-2-9(14)8(5-7)10(16)15-12(11(17)18)3-4-19-6-12/h1-2,5H,3-4,6H2,(H,15,16)(H,17,18). The largest absolute Gasteiger partial charge is 0.479 e. The maximum atomic E-state index is 12.2. The molecule has 0 aliphatic carbocycles. The molecule has 0 radical (unpaired) electrons. The number of rotatable bonds is 3. The summed E-state index contributed by atoms with van der Waals surface area (Å²) in [4.78, 5) is 23.6. The van der Waals surface area contributed by atoms with Gasteiger partial charge in [0.25, 0.3) is 5.91 Å². The van der Waals surface area contributed by atoms with E-state index in [1.807, 2.05) is 22.6 Å². The second-order valence-electron chi connectivity index (χ2n) is 4.27. The summed E-state index contributed by atoms with van der Waals surface area (Å²) in [5, 5.41) is 12.4. The van der Waals surface area contributed by atoms with Crippen LogP contribution in [0.25, 0.3) is 0 Å². The first kappa shape index (κ1) is 14.9. The van der Waals surface area contributed by atoms with Gasteiger partial charge in [0.1, 0.15) is 5.54 Å². The van der Waals surface area contributed by atoms with Crippen molar-refractivity contribution in [3.63, 3.8) is 0 Å². The summed E-state index contributed by atoms with van der Waals surface area (Å²) in [6, 6.07) is 4.98. The van der Waals surface area contributed by atoms with Crippen molar-refractivity contribution in [3.8, 4) is 0 Å². The second-order valence-corrected chi connectivity index (χ2v) is 6.97.